The van der Waals surface area contributed by atoms with Crippen molar-refractivity contribution in [3.05, 3.63) is 218 Å². The minimum Gasteiger partial charge on any atom is -0.456 e. The molecule has 0 N–H and O–H groups in total. The molecule has 268 valence electrons. The summed E-state index contributed by atoms with van der Waals surface area (Å²) in [5.74, 6) is 0. The lowest BCUT2D eigenvalue weighted by Gasteiger charge is -2.27. The van der Waals surface area contributed by atoms with Gasteiger partial charge in [-0.2, -0.15) is 0 Å². The fraction of sp³-hybridized carbons (Fsp3) is 0. The zero-order chi connectivity index (χ0) is 37.7. The molecule has 0 unspecified atom stereocenters. The van der Waals surface area contributed by atoms with E-state index in [2.05, 4.69) is 216 Å². The minimum atomic E-state index is 0.905. The normalized spacial score (nSPS) is 11.5. The SMILES string of the molecule is c1ccc(-c2cccc(N(c3ccc(-c4cccc(-c5ccc6c(c5)oc5ccccc56)c4)cc3)c3cccc(-n4c5ccccc5c5ccccc54)c3)c2)cc1. The fourth-order valence-electron chi connectivity index (χ4n) is 8.46. The van der Waals surface area contributed by atoms with E-state index >= 15 is 0 Å². The molecule has 3 nitrogen and oxygen atoms in total. The third-order valence-corrected chi connectivity index (χ3v) is 11.2. The van der Waals surface area contributed by atoms with Crippen LogP contribution in [0.2, 0.25) is 0 Å². The average molecular weight is 729 g/mol. The summed E-state index contributed by atoms with van der Waals surface area (Å²) in [5, 5.41) is 4.79. The molecule has 0 radical (unpaired) electrons. The van der Waals surface area contributed by atoms with Gasteiger partial charge in [-0.15, -0.1) is 0 Å². The molecule has 0 aliphatic carbocycles. The Hall–Kier alpha value is -7.62. The number of rotatable bonds is 7. The number of benzene rings is 9. The summed E-state index contributed by atoms with van der Waals surface area (Å²) in [6.45, 7) is 0. The molecular formula is C54H36N2O. The molecule has 0 spiro atoms. The molecule has 0 saturated carbocycles. The average Bonchev–Trinajstić information content (AvgIpc) is 3.83. The number of anilines is 3. The Labute approximate surface area is 330 Å². The van der Waals surface area contributed by atoms with E-state index in [1.807, 2.05) is 12.1 Å². The number of aromatic nitrogens is 1. The van der Waals surface area contributed by atoms with E-state index < -0.39 is 0 Å². The lowest BCUT2D eigenvalue weighted by Crippen LogP contribution is -2.10. The Kier molecular flexibility index (Phi) is 7.82. The molecule has 0 fully saturated rings. The monoisotopic (exact) mass is 728 g/mol. The van der Waals surface area contributed by atoms with Crippen LogP contribution in [0.1, 0.15) is 0 Å². The predicted molar refractivity (Wildman–Crippen MR) is 239 cm³/mol. The van der Waals surface area contributed by atoms with Gasteiger partial charge >= 0.3 is 0 Å². The van der Waals surface area contributed by atoms with Gasteiger partial charge in [-0.05, 0) is 112 Å². The van der Waals surface area contributed by atoms with E-state index in [1.165, 1.54) is 32.9 Å². The summed E-state index contributed by atoms with van der Waals surface area (Å²) in [7, 11) is 0. The molecule has 0 saturated heterocycles. The zero-order valence-corrected chi connectivity index (χ0v) is 31.1. The maximum Gasteiger partial charge on any atom is 0.136 e. The van der Waals surface area contributed by atoms with Crippen LogP contribution in [0, 0.1) is 0 Å². The third-order valence-electron chi connectivity index (χ3n) is 11.2. The Morgan fingerprint density at radius 1 is 0.298 bits per heavy atom. The molecule has 0 atom stereocenters. The Balaban J connectivity index is 1.00. The van der Waals surface area contributed by atoms with E-state index in [9.17, 15) is 0 Å². The first-order valence-electron chi connectivity index (χ1n) is 19.4. The minimum absolute atomic E-state index is 0.905. The number of nitrogens with zero attached hydrogens (tertiary/aromatic N) is 2. The zero-order valence-electron chi connectivity index (χ0n) is 31.1. The molecule has 3 heteroatoms. The van der Waals surface area contributed by atoms with Crippen LogP contribution in [0.15, 0.2) is 223 Å². The topological polar surface area (TPSA) is 21.3 Å². The van der Waals surface area contributed by atoms with Crippen molar-refractivity contribution in [1.82, 2.24) is 4.57 Å². The maximum atomic E-state index is 6.23. The number of furan rings is 1. The van der Waals surface area contributed by atoms with Gasteiger partial charge < -0.3 is 13.9 Å². The Bertz CT molecular complexity index is 3190. The van der Waals surface area contributed by atoms with Crippen LogP contribution in [0.25, 0.3) is 82.8 Å². The predicted octanol–water partition coefficient (Wildman–Crippen LogP) is 15.2. The van der Waals surface area contributed by atoms with Gasteiger partial charge in [-0.25, -0.2) is 0 Å². The van der Waals surface area contributed by atoms with Crippen LogP contribution in [0.5, 0.6) is 0 Å². The summed E-state index contributed by atoms with van der Waals surface area (Å²) >= 11 is 0. The first-order valence-corrected chi connectivity index (χ1v) is 19.4. The van der Waals surface area contributed by atoms with Gasteiger partial charge in [-0.3, -0.25) is 0 Å². The summed E-state index contributed by atoms with van der Waals surface area (Å²) < 4.78 is 8.61. The molecule has 9 aromatic carbocycles. The number of hydrogen-bond acceptors (Lipinski definition) is 2. The molecule has 57 heavy (non-hydrogen) atoms. The molecule has 11 rings (SSSR count). The van der Waals surface area contributed by atoms with Crippen LogP contribution in [0.3, 0.4) is 0 Å². The summed E-state index contributed by atoms with van der Waals surface area (Å²) in [4.78, 5) is 2.37. The van der Waals surface area contributed by atoms with E-state index in [0.29, 0.717) is 0 Å². The molecule has 0 amide bonds. The van der Waals surface area contributed by atoms with E-state index in [1.54, 1.807) is 0 Å². The van der Waals surface area contributed by atoms with Crippen molar-refractivity contribution in [2.75, 3.05) is 4.90 Å². The Morgan fingerprint density at radius 3 is 1.56 bits per heavy atom. The number of fused-ring (bicyclic) bond motifs is 6. The first-order chi connectivity index (χ1) is 28.2. The van der Waals surface area contributed by atoms with E-state index in [4.69, 9.17) is 4.42 Å². The van der Waals surface area contributed by atoms with Crippen molar-refractivity contribution in [2.45, 2.75) is 0 Å². The highest BCUT2D eigenvalue weighted by Crippen LogP contribution is 2.40. The van der Waals surface area contributed by atoms with Crippen molar-refractivity contribution in [3.63, 3.8) is 0 Å². The van der Waals surface area contributed by atoms with Crippen LogP contribution in [0.4, 0.5) is 17.1 Å². The van der Waals surface area contributed by atoms with Crippen LogP contribution < -0.4 is 4.90 Å². The molecular weight excluding hydrogens is 693 g/mol. The second-order valence-corrected chi connectivity index (χ2v) is 14.6. The summed E-state index contributed by atoms with van der Waals surface area (Å²) in [5.41, 5.74) is 15.5. The molecule has 0 aliphatic heterocycles. The van der Waals surface area contributed by atoms with Gasteiger partial charge in [-0.1, -0.05) is 140 Å². The second-order valence-electron chi connectivity index (χ2n) is 14.6. The number of hydrogen-bond donors (Lipinski definition) is 0. The Morgan fingerprint density at radius 2 is 0.807 bits per heavy atom. The van der Waals surface area contributed by atoms with Crippen molar-refractivity contribution < 1.29 is 4.42 Å². The third kappa shape index (κ3) is 5.76. The quantitative estimate of drug-likeness (QED) is 0.163. The largest absolute Gasteiger partial charge is 0.456 e. The van der Waals surface area contributed by atoms with Crippen molar-refractivity contribution in [1.29, 1.82) is 0 Å². The highest BCUT2D eigenvalue weighted by Gasteiger charge is 2.17. The number of para-hydroxylation sites is 3. The molecule has 2 heterocycles. The van der Waals surface area contributed by atoms with Crippen LogP contribution in [-0.2, 0) is 0 Å². The lowest BCUT2D eigenvalue weighted by atomic mass is 9.98. The van der Waals surface area contributed by atoms with Gasteiger partial charge in [0.2, 0.25) is 0 Å². The van der Waals surface area contributed by atoms with Crippen molar-refractivity contribution in [2.24, 2.45) is 0 Å². The lowest BCUT2D eigenvalue weighted by molar-refractivity contribution is 0.669. The van der Waals surface area contributed by atoms with Gasteiger partial charge in [0.25, 0.3) is 0 Å². The van der Waals surface area contributed by atoms with Crippen LogP contribution in [-0.4, -0.2) is 4.57 Å². The van der Waals surface area contributed by atoms with Gasteiger partial charge in [0.1, 0.15) is 11.2 Å². The van der Waals surface area contributed by atoms with Gasteiger partial charge in [0, 0.05) is 44.3 Å². The summed E-state index contributed by atoms with van der Waals surface area (Å²) in [6.07, 6.45) is 0. The van der Waals surface area contributed by atoms with Gasteiger partial charge in [0.05, 0.1) is 11.0 Å². The van der Waals surface area contributed by atoms with Crippen molar-refractivity contribution >= 4 is 60.8 Å². The van der Waals surface area contributed by atoms with Gasteiger partial charge in [0.15, 0.2) is 0 Å². The summed E-state index contributed by atoms with van der Waals surface area (Å²) in [6, 6.07) is 78.2. The highest BCUT2D eigenvalue weighted by molar-refractivity contribution is 6.09. The highest BCUT2D eigenvalue weighted by atomic mass is 16.3. The molecule has 0 aliphatic rings. The second kappa shape index (κ2) is 13.6. The standard InChI is InChI=1S/C54H36N2O/c1-2-13-37(14-3-1)41-17-11-18-44(34-41)55(45-19-12-20-46(36-45)56-51-24-7-4-21-47(51)48-22-5-8-25-52(48)56)43-30-27-38(28-31-43)39-15-10-16-40(33-39)42-29-32-50-49-23-6-9-26-53(49)57-54(50)35-42/h1-36H. The fourth-order valence-corrected chi connectivity index (χ4v) is 8.46. The smallest absolute Gasteiger partial charge is 0.136 e. The maximum absolute atomic E-state index is 6.23. The first kappa shape index (κ1) is 32.8. The van der Waals surface area contributed by atoms with Crippen molar-refractivity contribution in [3.8, 4) is 39.1 Å². The molecule has 11 aromatic rings. The molecule has 2 aromatic heterocycles. The van der Waals surface area contributed by atoms with Crippen LogP contribution >= 0.6 is 0 Å². The van der Waals surface area contributed by atoms with E-state index in [0.717, 1.165) is 66.9 Å². The van der Waals surface area contributed by atoms with E-state index in [-0.39, 0.29) is 0 Å². The molecule has 0 bridgehead atoms.